The highest BCUT2D eigenvalue weighted by molar-refractivity contribution is 7.90. The zero-order valence-corrected chi connectivity index (χ0v) is 17.0. The van der Waals surface area contributed by atoms with Crippen LogP contribution in [0, 0.1) is 0 Å². The second-order valence-corrected chi connectivity index (χ2v) is 9.75. The molecule has 3 heterocycles. The predicted octanol–water partition coefficient (Wildman–Crippen LogP) is 2.32. The summed E-state index contributed by atoms with van der Waals surface area (Å²) in [6, 6.07) is 6.93. The van der Waals surface area contributed by atoms with Crippen molar-refractivity contribution in [1.82, 2.24) is 15.0 Å². The number of anilines is 1. The fraction of sp³-hybridized carbons (Fsp3) is 0.526. The molecule has 1 amide bonds. The van der Waals surface area contributed by atoms with Crippen LogP contribution in [-0.2, 0) is 9.84 Å². The van der Waals surface area contributed by atoms with E-state index in [4.69, 9.17) is 9.63 Å². The van der Waals surface area contributed by atoms with Crippen LogP contribution in [0.15, 0.2) is 33.7 Å². The zero-order chi connectivity index (χ0) is 20.6. The van der Waals surface area contributed by atoms with Crippen molar-refractivity contribution in [2.75, 3.05) is 37.3 Å². The molecule has 0 bridgehead atoms. The first-order valence-corrected chi connectivity index (χ1v) is 11.6. The molecule has 1 aromatic carbocycles. The van der Waals surface area contributed by atoms with Gasteiger partial charge < -0.3 is 19.4 Å². The maximum Gasteiger partial charge on any atom is 0.407 e. The Hall–Kier alpha value is -2.62. The van der Waals surface area contributed by atoms with E-state index in [2.05, 4.69) is 15.0 Å². The van der Waals surface area contributed by atoms with Gasteiger partial charge in [-0.3, -0.25) is 0 Å². The van der Waals surface area contributed by atoms with E-state index >= 15 is 0 Å². The summed E-state index contributed by atoms with van der Waals surface area (Å²) in [6.45, 7) is 2.55. The van der Waals surface area contributed by atoms with Gasteiger partial charge in [-0.05, 0) is 43.5 Å². The Bertz CT molecular complexity index is 980. The molecule has 1 N–H and O–H groups in total. The minimum atomic E-state index is -3.20. The van der Waals surface area contributed by atoms with Gasteiger partial charge in [-0.15, -0.1) is 0 Å². The lowest BCUT2D eigenvalue weighted by atomic mass is 9.97. The van der Waals surface area contributed by atoms with Crippen molar-refractivity contribution in [2.45, 2.75) is 36.0 Å². The largest absolute Gasteiger partial charge is 0.465 e. The van der Waals surface area contributed by atoms with Crippen LogP contribution in [0.2, 0.25) is 0 Å². The molecular weight excluding hydrogens is 396 g/mol. The number of hydrogen-bond acceptors (Lipinski definition) is 7. The summed E-state index contributed by atoms with van der Waals surface area (Å²) >= 11 is 0. The Labute approximate surface area is 169 Å². The Morgan fingerprint density at radius 2 is 1.76 bits per heavy atom. The fourth-order valence-electron chi connectivity index (χ4n) is 4.01. The summed E-state index contributed by atoms with van der Waals surface area (Å²) in [5.41, 5.74) is 0.977. The van der Waals surface area contributed by atoms with Crippen molar-refractivity contribution >= 4 is 21.6 Å². The minimum absolute atomic E-state index is 0.105. The smallest absolute Gasteiger partial charge is 0.407 e. The Balaban J connectivity index is 1.38. The third kappa shape index (κ3) is 4.21. The number of aromatic nitrogens is 2. The molecule has 1 aromatic heterocycles. The number of piperidine rings is 1. The summed E-state index contributed by atoms with van der Waals surface area (Å²) in [5.74, 6) is 1.55. The Morgan fingerprint density at radius 3 is 2.38 bits per heavy atom. The van der Waals surface area contributed by atoms with Crippen molar-refractivity contribution in [2.24, 2.45) is 0 Å². The molecule has 2 aliphatic rings. The molecular formula is C19H24N4O5S. The van der Waals surface area contributed by atoms with Crippen LogP contribution in [0.4, 0.5) is 10.5 Å². The molecule has 2 aliphatic heterocycles. The van der Waals surface area contributed by atoms with Crippen molar-refractivity contribution in [3.05, 3.63) is 36.0 Å². The van der Waals surface area contributed by atoms with Gasteiger partial charge in [-0.1, -0.05) is 5.16 Å². The number of sulfone groups is 1. The summed E-state index contributed by atoms with van der Waals surface area (Å²) in [5, 5.41) is 13.2. The fourth-order valence-corrected chi connectivity index (χ4v) is 4.64. The van der Waals surface area contributed by atoms with Gasteiger partial charge in [0.1, 0.15) is 0 Å². The van der Waals surface area contributed by atoms with Crippen LogP contribution in [0.5, 0.6) is 0 Å². The molecule has 1 atom stereocenters. The average molecular weight is 420 g/mol. The average Bonchev–Trinajstić information content (AvgIpc) is 3.37. The Morgan fingerprint density at radius 1 is 1.10 bits per heavy atom. The molecule has 2 fully saturated rings. The van der Waals surface area contributed by atoms with E-state index in [-0.39, 0.29) is 11.8 Å². The molecule has 29 heavy (non-hydrogen) atoms. The first-order chi connectivity index (χ1) is 13.8. The first-order valence-electron chi connectivity index (χ1n) is 9.67. The van der Waals surface area contributed by atoms with Gasteiger partial charge in [0.05, 0.1) is 4.90 Å². The number of benzene rings is 1. The number of amides is 1. The van der Waals surface area contributed by atoms with E-state index in [1.807, 2.05) is 12.1 Å². The van der Waals surface area contributed by atoms with Gasteiger partial charge >= 0.3 is 6.09 Å². The SMILES string of the molecule is CS(=O)(=O)c1ccc(N2CCC(c3noc(C4CCN(C(=O)O)CC4)n3)C2)cc1. The molecule has 0 aliphatic carbocycles. The van der Waals surface area contributed by atoms with Gasteiger partial charge in [-0.25, -0.2) is 13.2 Å². The zero-order valence-electron chi connectivity index (χ0n) is 16.2. The molecule has 2 aromatic rings. The molecule has 10 heteroatoms. The lowest BCUT2D eigenvalue weighted by Gasteiger charge is -2.27. The third-order valence-corrected chi connectivity index (χ3v) is 6.88. The first kappa shape index (κ1) is 19.7. The van der Waals surface area contributed by atoms with Crippen LogP contribution >= 0.6 is 0 Å². The third-order valence-electron chi connectivity index (χ3n) is 5.76. The molecule has 4 rings (SSSR count). The number of carbonyl (C=O) groups is 1. The number of nitrogens with zero attached hydrogens (tertiary/aromatic N) is 4. The summed E-state index contributed by atoms with van der Waals surface area (Å²) in [7, 11) is -3.20. The molecule has 156 valence electrons. The maximum atomic E-state index is 11.6. The number of hydrogen-bond donors (Lipinski definition) is 1. The predicted molar refractivity (Wildman–Crippen MR) is 105 cm³/mol. The van der Waals surface area contributed by atoms with Crippen LogP contribution < -0.4 is 4.90 Å². The topological polar surface area (TPSA) is 117 Å². The van der Waals surface area contributed by atoms with E-state index in [0.717, 1.165) is 25.2 Å². The van der Waals surface area contributed by atoms with Crippen molar-refractivity contribution in [1.29, 1.82) is 0 Å². The summed E-state index contributed by atoms with van der Waals surface area (Å²) in [6.07, 6.45) is 2.59. The summed E-state index contributed by atoms with van der Waals surface area (Å²) in [4.78, 5) is 19.6. The summed E-state index contributed by atoms with van der Waals surface area (Å²) < 4.78 is 28.7. The van der Waals surface area contributed by atoms with E-state index in [1.54, 1.807) is 12.1 Å². The highest BCUT2D eigenvalue weighted by atomic mass is 32.2. The van der Waals surface area contributed by atoms with Gasteiger partial charge in [-0.2, -0.15) is 4.98 Å². The molecule has 0 spiro atoms. The molecule has 0 saturated carbocycles. The van der Waals surface area contributed by atoms with E-state index in [9.17, 15) is 13.2 Å². The number of rotatable bonds is 4. The molecule has 1 unspecified atom stereocenters. The molecule has 2 saturated heterocycles. The maximum absolute atomic E-state index is 11.6. The monoisotopic (exact) mass is 420 g/mol. The van der Waals surface area contributed by atoms with Crippen molar-refractivity contribution in [3.63, 3.8) is 0 Å². The second-order valence-electron chi connectivity index (χ2n) is 7.73. The van der Waals surface area contributed by atoms with Crippen LogP contribution in [0.1, 0.15) is 42.8 Å². The van der Waals surface area contributed by atoms with Gasteiger partial charge in [0.15, 0.2) is 15.7 Å². The Kier molecular flexibility index (Phi) is 5.20. The van der Waals surface area contributed by atoms with Crippen LogP contribution in [-0.4, -0.2) is 67.1 Å². The highest BCUT2D eigenvalue weighted by Gasteiger charge is 2.31. The number of likely N-dealkylation sites (tertiary alicyclic amines) is 1. The van der Waals surface area contributed by atoms with Gasteiger partial charge in [0.25, 0.3) is 0 Å². The van der Waals surface area contributed by atoms with Gasteiger partial charge in [0.2, 0.25) is 5.89 Å². The van der Waals surface area contributed by atoms with E-state index in [0.29, 0.717) is 42.5 Å². The molecule has 9 nitrogen and oxygen atoms in total. The van der Waals surface area contributed by atoms with Crippen molar-refractivity contribution in [3.8, 4) is 0 Å². The van der Waals surface area contributed by atoms with E-state index in [1.165, 1.54) is 11.2 Å². The van der Waals surface area contributed by atoms with Crippen molar-refractivity contribution < 1.29 is 22.8 Å². The van der Waals surface area contributed by atoms with Gasteiger partial charge in [0, 0.05) is 50.0 Å². The normalized spacial score (nSPS) is 20.9. The van der Waals surface area contributed by atoms with Crippen LogP contribution in [0.3, 0.4) is 0 Å². The molecule has 0 radical (unpaired) electrons. The van der Waals surface area contributed by atoms with Crippen LogP contribution in [0.25, 0.3) is 0 Å². The number of carboxylic acid groups (broad SMARTS) is 1. The standard InChI is InChI=1S/C19H24N4O5S/c1-29(26,27)16-4-2-15(3-5-16)23-11-8-14(12-23)17-20-18(28-21-17)13-6-9-22(10-7-13)19(24)25/h2-5,13-14H,6-12H2,1H3,(H,24,25). The lowest BCUT2D eigenvalue weighted by molar-refractivity contribution is 0.128. The highest BCUT2D eigenvalue weighted by Crippen LogP contribution is 2.32. The quantitative estimate of drug-likeness (QED) is 0.801. The van der Waals surface area contributed by atoms with E-state index < -0.39 is 15.9 Å². The minimum Gasteiger partial charge on any atom is -0.465 e. The second kappa shape index (κ2) is 7.66. The lowest BCUT2D eigenvalue weighted by Crippen LogP contribution is -2.36.